The highest BCUT2D eigenvalue weighted by Crippen LogP contribution is 2.42. The Bertz CT molecular complexity index is 1090. The van der Waals surface area contributed by atoms with Crippen LogP contribution in [0.4, 0.5) is 11.6 Å². The van der Waals surface area contributed by atoms with Crippen molar-refractivity contribution in [1.29, 1.82) is 0 Å². The molecule has 9 heteroatoms. The van der Waals surface area contributed by atoms with Crippen molar-refractivity contribution in [3.8, 4) is 22.9 Å². The van der Waals surface area contributed by atoms with E-state index in [0.717, 1.165) is 24.2 Å². The molecule has 3 N–H and O–H groups in total. The van der Waals surface area contributed by atoms with Gasteiger partial charge in [0.05, 0.1) is 29.9 Å². The molecule has 1 aromatic carbocycles. The van der Waals surface area contributed by atoms with Crippen LogP contribution in [-0.4, -0.2) is 53.5 Å². The van der Waals surface area contributed by atoms with Crippen molar-refractivity contribution >= 4 is 34.1 Å². The highest BCUT2D eigenvalue weighted by Gasteiger charge is 2.27. The second-order valence-corrected chi connectivity index (χ2v) is 7.38. The van der Waals surface area contributed by atoms with E-state index in [2.05, 4.69) is 14.9 Å². The molecule has 3 aromatic rings. The fourth-order valence-electron chi connectivity index (χ4n) is 3.62. The van der Waals surface area contributed by atoms with Crippen molar-refractivity contribution in [2.24, 2.45) is 0 Å². The van der Waals surface area contributed by atoms with Crippen molar-refractivity contribution in [3.05, 3.63) is 28.9 Å². The summed E-state index contributed by atoms with van der Waals surface area (Å²) in [7, 11) is 3.20. The maximum Gasteiger partial charge on any atom is 0.164 e. The maximum atomic E-state index is 10.3. The molecule has 0 radical (unpaired) electrons. The third-order valence-electron chi connectivity index (χ3n) is 5.27. The van der Waals surface area contributed by atoms with E-state index < -0.39 is 0 Å². The number of hydrogen-bond acceptors (Lipinski definition) is 8. The van der Waals surface area contributed by atoms with Crippen LogP contribution in [-0.2, 0) is 4.74 Å². The second kappa shape index (κ2) is 7.53. The normalized spacial score (nSPS) is 16.6. The van der Waals surface area contributed by atoms with Gasteiger partial charge in [0.25, 0.3) is 0 Å². The van der Waals surface area contributed by atoms with Gasteiger partial charge in [-0.25, -0.2) is 15.0 Å². The van der Waals surface area contributed by atoms with Gasteiger partial charge in [-0.1, -0.05) is 11.6 Å². The summed E-state index contributed by atoms with van der Waals surface area (Å²) in [5, 5.41) is 11.5. The number of aromatic nitrogens is 3. The number of methoxy groups -OCH3 is 2. The minimum absolute atomic E-state index is 0.0579. The molecule has 0 amide bonds. The quantitative estimate of drug-likeness (QED) is 0.669. The Morgan fingerprint density at radius 3 is 2.76 bits per heavy atom. The van der Waals surface area contributed by atoms with Gasteiger partial charge in [-0.05, 0) is 19.4 Å². The van der Waals surface area contributed by atoms with E-state index in [1.165, 1.54) is 13.2 Å². The number of halogens is 1. The first-order valence-electron chi connectivity index (χ1n) is 9.20. The molecule has 1 fully saturated rings. The number of anilines is 2. The zero-order valence-corrected chi connectivity index (χ0v) is 17.2. The molecule has 152 valence electrons. The summed E-state index contributed by atoms with van der Waals surface area (Å²) in [6.07, 6.45) is 2.65. The minimum Gasteiger partial charge on any atom is -0.508 e. The third kappa shape index (κ3) is 3.38. The van der Waals surface area contributed by atoms with Gasteiger partial charge in [-0.3, -0.25) is 0 Å². The Kier molecular flexibility index (Phi) is 5.06. The Balaban J connectivity index is 1.96. The zero-order valence-electron chi connectivity index (χ0n) is 16.4. The van der Waals surface area contributed by atoms with Crippen LogP contribution in [0.2, 0.25) is 5.02 Å². The van der Waals surface area contributed by atoms with Crippen LogP contribution < -0.4 is 15.4 Å². The number of phenols is 1. The SMILES string of the molecule is COc1cc(O)c(C)c(-c2nc(N3CCC(OC)C3)c3cc(N)ncc3n2)c1Cl. The fraction of sp³-hybridized carbons (Fsp3) is 0.350. The average molecular weight is 416 g/mol. The highest BCUT2D eigenvalue weighted by atomic mass is 35.5. The van der Waals surface area contributed by atoms with E-state index in [9.17, 15) is 5.11 Å². The standard InChI is InChI=1S/C20H22ClN5O3/c1-10-14(27)7-15(29-3)18(21)17(10)19-24-13-8-23-16(22)6-12(13)20(25-19)26-5-4-11(9-26)28-2/h6-8,11,27H,4-5,9H2,1-3H3,(H2,22,23). The van der Waals surface area contributed by atoms with Gasteiger partial charge >= 0.3 is 0 Å². The Morgan fingerprint density at radius 1 is 1.28 bits per heavy atom. The van der Waals surface area contributed by atoms with Crippen LogP contribution in [0.25, 0.3) is 22.3 Å². The van der Waals surface area contributed by atoms with Crippen molar-refractivity contribution in [2.45, 2.75) is 19.4 Å². The van der Waals surface area contributed by atoms with Gasteiger partial charge in [-0.2, -0.15) is 0 Å². The fourth-order valence-corrected chi connectivity index (χ4v) is 3.98. The molecular weight excluding hydrogens is 394 g/mol. The lowest BCUT2D eigenvalue weighted by Crippen LogP contribution is -2.24. The van der Waals surface area contributed by atoms with Crippen molar-refractivity contribution < 1.29 is 14.6 Å². The summed E-state index contributed by atoms with van der Waals surface area (Å²) >= 11 is 6.57. The molecule has 0 spiro atoms. The summed E-state index contributed by atoms with van der Waals surface area (Å²) in [6, 6.07) is 3.25. The summed E-state index contributed by atoms with van der Waals surface area (Å²) in [5.41, 5.74) is 7.65. The van der Waals surface area contributed by atoms with Crippen LogP contribution in [0.1, 0.15) is 12.0 Å². The molecule has 29 heavy (non-hydrogen) atoms. The Hall–Kier alpha value is -2.84. The predicted octanol–water partition coefficient (Wildman–Crippen LogP) is 3.18. The van der Waals surface area contributed by atoms with Gasteiger partial charge in [0.1, 0.15) is 23.1 Å². The molecule has 0 bridgehead atoms. The number of nitrogen functional groups attached to an aromatic ring is 1. The summed E-state index contributed by atoms with van der Waals surface area (Å²) < 4.78 is 10.8. The van der Waals surface area contributed by atoms with Gasteiger partial charge in [0.15, 0.2) is 5.82 Å². The van der Waals surface area contributed by atoms with Crippen molar-refractivity contribution in [2.75, 3.05) is 37.9 Å². The molecule has 3 heterocycles. The molecule has 4 rings (SSSR count). The number of hydrogen-bond donors (Lipinski definition) is 2. The van der Waals surface area contributed by atoms with E-state index in [4.69, 9.17) is 31.8 Å². The average Bonchev–Trinajstić information content (AvgIpc) is 3.19. The van der Waals surface area contributed by atoms with Crippen LogP contribution in [0.3, 0.4) is 0 Å². The molecule has 1 saturated heterocycles. The monoisotopic (exact) mass is 415 g/mol. The van der Waals surface area contributed by atoms with Gasteiger partial charge in [0, 0.05) is 42.8 Å². The van der Waals surface area contributed by atoms with Crippen LogP contribution in [0, 0.1) is 6.92 Å². The lowest BCUT2D eigenvalue weighted by molar-refractivity contribution is 0.121. The summed E-state index contributed by atoms with van der Waals surface area (Å²) in [6.45, 7) is 3.27. The number of rotatable bonds is 4. The molecule has 2 aromatic heterocycles. The van der Waals surface area contributed by atoms with Gasteiger partial charge in [-0.15, -0.1) is 0 Å². The van der Waals surface area contributed by atoms with Crippen LogP contribution >= 0.6 is 11.6 Å². The minimum atomic E-state index is 0.0579. The van der Waals surface area contributed by atoms with Crippen molar-refractivity contribution in [1.82, 2.24) is 15.0 Å². The van der Waals surface area contributed by atoms with E-state index in [1.807, 2.05) is 0 Å². The number of phenolic OH excluding ortho intramolecular Hbond substituents is 1. The third-order valence-corrected chi connectivity index (χ3v) is 5.64. The molecule has 8 nitrogen and oxygen atoms in total. The maximum absolute atomic E-state index is 10.3. The van der Waals surface area contributed by atoms with Crippen LogP contribution in [0.5, 0.6) is 11.5 Å². The first-order valence-corrected chi connectivity index (χ1v) is 9.58. The van der Waals surface area contributed by atoms with E-state index in [-0.39, 0.29) is 11.9 Å². The second-order valence-electron chi connectivity index (χ2n) is 7.00. The number of ether oxygens (including phenoxy) is 2. The van der Waals surface area contributed by atoms with E-state index in [1.54, 1.807) is 26.3 Å². The molecule has 0 saturated carbocycles. The number of nitrogens with zero attached hydrogens (tertiary/aromatic N) is 4. The molecular formula is C20H22ClN5O3. The number of fused-ring (bicyclic) bond motifs is 1. The zero-order chi connectivity index (χ0) is 20.7. The summed E-state index contributed by atoms with van der Waals surface area (Å²) in [4.78, 5) is 15.8. The molecule has 1 aliphatic heterocycles. The van der Waals surface area contributed by atoms with E-state index in [0.29, 0.717) is 45.6 Å². The molecule has 1 atom stereocenters. The van der Waals surface area contributed by atoms with Gasteiger partial charge in [0.2, 0.25) is 0 Å². The van der Waals surface area contributed by atoms with Crippen LogP contribution in [0.15, 0.2) is 18.3 Å². The molecule has 1 aliphatic rings. The highest BCUT2D eigenvalue weighted by molar-refractivity contribution is 6.35. The molecule has 1 unspecified atom stereocenters. The predicted molar refractivity (Wildman–Crippen MR) is 113 cm³/mol. The lowest BCUT2D eigenvalue weighted by atomic mass is 10.1. The van der Waals surface area contributed by atoms with Gasteiger partial charge < -0.3 is 25.2 Å². The number of nitrogens with two attached hydrogens (primary N) is 1. The van der Waals surface area contributed by atoms with Crippen molar-refractivity contribution in [3.63, 3.8) is 0 Å². The first-order chi connectivity index (χ1) is 13.9. The number of pyridine rings is 1. The smallest absolute Gasteiger partial charge is 0.164 e. The largest absolute Gasteiger partial charge is 0.508 e. The Labute approximate surface area is 173 Å². The number of aromatic hydroxyl groups is 1. The Morgan fingerprint density at radius 2 is 2.07 bits per heavy atom. The number of benzene rings is 1. The van der Waals surface area contributed by atoms with E-state index >= 15 is 0 Å². The molecule has 0 aliphatic carbocycles. The lowest BCUT2D eigenvalue weighted by Gasteiger charge is -2.21. The topological polar surface area (TPSA) is 107 Å². The summed E-state index contributed by atoms with van der Waals surface area (Å²) in [5.74, 6) is 1.92. The first kappa shape index (κ1) is 19.5.